The average molecular weight is 697 g/mol. The molecule has 6 unspecified atom stereocenters. The molecule has 6 heteroatoms. The van der Waals surface area contributed by atoms with Crippen LogP contribution in [0.2, 0.25) is 0 Å². The van der Waals surface area contributed by atoms with Gasteiger partial charge in [0, 0.05) is 38.8 Å². The quantitative estimate of drug-likeness (QED) is 0.163. The highest BCUT2D eigenvalue weighted by Gasteiger charge is 2.53. The van der Waals surface area contributed by atoms with Crippen LogP contribution in [0, 0.1) is 11.3 Å². The minimum Gasteiger partial charge on any atom is -0.385 e. The summed E-state index contributed by atoms with van der Waals surface area (Å²) in [7, 11) is 0. The van der Waals surface area contributed by atoms with Gasteiger partial charge in [-0.2, -0.15) is 0 Å². The molecule has 0 fully saturated rings. The Kier molecular flexibility index (Phi) is 9.45. The van der Waals surface area contributed by atoms with E-state index in [1.54, 1.807) is 0 Å². The summed E-state index contributed by atoms with van der Waals surface area (Å²) in [5, 5.41) is 16.5. The lowest BCUT2D eigenvalue weighted by molar-refractivity contribution is 0.555. The van der Waals surface area contributed by atoms with E-state index in [1.807, 2.05) is 29.6 Å². The summed E-state index contributed by atoms with van der Waals surface area (Å²) in [5.74, 6) is 0.0732. The van der Waals surface area contributed by atoms with Crippen molar-refractivity contribution in [1.29, 1.82) is 5.41 Å². The fourth-order valence-electron chi connectivity index (χ4n) is 8.65. The van der Waals surface area contributed by atoms with Crippen LogP contribution in [-0.4, -0.2) is 17.0 Å². The van der Waals surface area contributed by atoms with E-state index in [2.05, 4.69) is 128 Å². The molecule has 0 bridgehead atoms. The van der Waals surface area contributed by atoms with E-state index in [9.17, 15) is 0 Å². The van der Waals surface area contributed by atoms with Crippen molar-refractivity contribution in [2.45, 2.75) is 97.4 Å². The standard InChI is InChI=1S/C44H48N4S2/c1-3-5-10-36(45)28-14-18-32-40(24-28)49-42-26-30(38-12-7-8-22-47-38)16-20-34(42)44(32)33-19-15-29(37(46)11-6-4-2)25-41(33)50-43-27-31(17-21-35(43)44)39-13-9-23-48-39/h3,5-6,8-9,11,14-24,27,29,36,38-39,42,46-48H,4,7,10,12-13,25-26,45H2,1-2H3/b5-3-,11-6-,46-37?. The zero-order valence-electron chi connectivity index (χ0n) is 29.1. The molecule has 2 aliphatic carbocycles. The Bertz CT molecular complexity index is 1930. The van der Waals surface area contributed by atoms with E-state index in [4.69, 9.17) is 11.1 Å². The molecule has 2 aromatic rings. The van der Waals surface area contributed by atoms with Crippen molar-refractivity contribution in [3.8, 4) is 0 Å². The summed E-state index contributed by atoms with van der Waals surface area (Å²) in [6.45, 7) is 4.20. The molecule has 1 spiro atoms. The molecule has 8 rings (SSSR count). The lowest BCUT2D eigenvalue weighted by Crippen LogP contribution is -2.44. The number of allylic oxidation sites excluding steroid dienone is 10. The number of hydrogen-bond acceptors (Lipinski definition) is 6. The molecule has 0 saturated heterocycles. The normalized spacial score (nSPS) is 28.5. The van der Waals surface area contributed by atoms with Gasteiger partial charge in [0.15, 0.2) is 0 Å². The second kappa shape index (κ2) is 14.1. The van der Waals surface area contributed by atoms with Gasteiger partial charge in [0.2, 0.25) is 0 Å². The summed E-state index contributed by atoms with van der Waals surface area (Å²) in [5.41, 5.74) is 16.8. The van der Waals surface area contributed by atoms with Gasteiger partial charge in [-0.05, 0) is 126 Å². The van der Waals surface area contributed by atoms with Crippen LogP contribution in [0.5, 0.6) is 0 Å². The van der Waals surface area contributed by atoms with Gasteiger partial charge in [0.05, 0.1) is 11.5 Å². The zero-order chi connectivity index (χ0) is 34.2. The second-order valence-electron chi connectivity index (χ2n) is 14.3. The van der Waals surface area contributed by atoms with Gasteiger partial charge in [0.1, 0.15) is 0 Å². The predicted molar refractivity (Wildman–Crippen MR) is 213 cm³/mol. The topological polar surface area (TPSA) is 73.9 Å². The molecule has 0 amide bonds. The molecule has 256 valence electrons. The minimum absolute atomic E-state index is 0.0402. The first-order valence-corrected chi connectivity index (χ1v) is 20.1. The maximum atomic E-state index is 8.98. The molecule has 50 heavy (non-hydrogen) atoms. The number of rotatable bonds is 8. The molecule has 0 radical (unpaired) electrons. The second-order valence-corrected chi connectivity index (χ2v) is 16.7. The first kappa shape index (κ1) is 33.4. The van der Waals surface area contributed by atoms with Gasteiger partial charge in [-0.25, -0.2) is 0 Å². The Morgan fingerprint density at radius 2 is 1.86 bits per heavy atom. The molecule has 0 saturated carbocycles. The van der Waals surface area contributed by atoms with Crippen molar-refractivity contribution in [1.82, 2.24) is 10.6 Å². The van der Waals surface area contributed by atoms with Gasteiger partial charge in [-0.3, -0.25) is 0 Å². The van der Waals surface area contributed by atoms with Crippen LogP contribution in [0.15, 0.2) is 141 Å². The van der Waals surface area contributed by atoms with Crippen molar-refractivity contribution >= 4 is 29.2 Å². The van der Waals surface area contributed by atoms with Crippen molar-refractivity contribution in [2.75, 3.05) is 0 Å². The van der Waals surface area contributed by atoms with Crippen molar-refractivity contribution in [2.24, 2.45) is 11.7 Å². The number of benzene rings is 2. The average Bonchev–Trinajstić information content (AvgIpc) is 3.71. The molecular weight excluding hydrogens is 649 g/mol. The number of fused-ring (bicyclic) bond motifs is 7. The van der Waals surface area contributed by atoms with Gasteiger partial charge in [0.25, 0.3) is 0 Å². The molecular formula is C44H48N4S2. The maximum Gasteiger partial charge on any atom is 0.0704 e. The zero-order valence-corrected chi connectivity index (χ0v) is 30.8. The Morgan fingerprint density at radius 3 is 2.66 bits per heavy atom. The summed E-state index contributed by atoms with van der Waals surface area (Å²) in [6, 6.07) is 15.0. The highest BCUT2D eigenvalue weighted by Crippen LogP contribution is 2.64. The van der Waals surface area contributed by atoms with E-state index >= 15 is 0 Å². The fourth-order valence-corrected chi connectivity index (χ4v) is 11.6. The molecule has 5 N–H and O–H groups in total. The Morgan fingerprint density at radius 1 is 1.02 bits per heavy atom. The van der Waals surface area contributed by atoms with Crippen LogP contribution in [0.25, 0.3) is 0 Å². The van der Waals surface area contributed by atoms with E-state index in [1.165, 1.54) is 53.7 Å². The highest BCUT2D eigenvalue weighted by atomic mass is 32.2. The van der Waals surface area contributed by atoms with Crippen LogP contribution >= 0.6 is 23.5 Å². The molecule has 4 heterocycles. The predicted octanol–water partition coefficient (Wildman–Crippen LogP) is 10.4. The van der Waals surface area contributed by atoms with E-state index in [0.717, 1.165) is 44.9 Å². The van der Waals surface area contributed by atoms with Crippen molar-refractivity contribution < 1.29 is 0 Å². The monoisotopic (exact) mass is 696 g/mol. The lowest BCUT2D eigenvalue weighted by atomic mass is 9.60. The molecule has 2 aromatic carbocycles. The Labute approximate surface area is 306 Å². The third-order valence-electron chi connectivity index (χ3n) is 11.3. The maximum absolute atomic E-state index is 8.98. The van der Waals surface area contributed by atoms with E-state index in [0.29, 0.717) is 23.0 Å². The largest absolute Gasteiger partial charge is 0.385 e. The minimum atomic E-state index is -0.419. The Balaban J connectivity index is 1.34. The van der Waals surface area contributed by atoms with Crippen LogP contribution < -0.4 is 16.4 Å². The van der Waals surface area contributed by atoms with Gasteiger partial charge in [-0.1, -0.05) is 97.6 Å². The molecule has 6 aliphatic rings. The van der Waals surface area contributed by atoms with Gasteiger partial charge in [-0.15, -0.1) is 11.8 Å². The first-order valence-electron chi connectivity index (χ1n) is 18.4. The number of nitrogens with two attached hydrogens (primary N) is 1. The lowest BCUT2D eigenvalue weighted by Gasteiger charge is -2.51. The molecule has 0 aromatic heterocycles. The third kappa shape index (κ3) is 5.83. The summed E-state index contributed by atoms with van der Waals surface area (Å²) < 4.78 is 0. The smallest absolute Gasteiger partial charge is 0.0704 e. The van der Waals surface area contributed by atoms with Crippen molar-refractivity contribution in [3.63, 3.8) is 0 Å². The van der Waals surface area contributed by atoms with Crippen molar-refractivity contribution in [3.05, 3.63) is 153 Å². The van der Waals surface area contributed by atoms with Gasteiger partial charge < -0.3 is 21.8 Å². The third-order valence-corrected chi connectivity index (χ3v) is 13.8. The summed E-state index contributed by atoms with van der Waals surface area (Å²) in [6.07, 6.45) is 33.7. The van der Waals surface area contributed by atoms with Crippen LogP contribution in [0.1, 0.15) is 93.1 Å². The van der Waals surface area contributed by atoms with E-state index < -0.39 is 5.41 Å². The molecule has 4 aliphatic heterocycles. The number of thioether (sulfide) groups is 2. The van der Waals surface area contributed by atoms with E-state index in [-0.39, 0.29) is 12.0 Å². The van der Waals surface area contributed by atoms with Gasteiger partial charge >= 0.3 is 0 Å². The molecule has 4 nitrogen and oxygen atoms in total. The van der Waals surface area contributed by atoms with Crippen LogP contribution in [-0.2, 0) is 5.41 Å². The summed E-state index contributed by atoms with van der Waals surface area (Å²) in [4.78, 5) is 4.09. The molecule has 6 atom stereocenters. The number of nitrogens with one attached hydrogen (secondary N) is 3. The Hall–Kier alpha value is -3.71. The van der Waals surface area contributed by atoms with Crippen LogP contribution in [0.4, 0.5) is 0 Å². The van der Waals surface area contributed by atoms with Crippen LogP contribution in [0.3, 0.4) is 0 Å². The first-order chi connectivity index (χ1) is 24.5. The fraction of sp³-hybridized carbons (Fsp3) is 0.341. The SMILES string of the molecule is C/C=C\CC(N)c1ccc2c(c1)SC1CC(C3CCC=CN3)=CC=C1C21C2=C(CC(C(=N)/C=C\CC)C=C2)Sc2cc(C3CC=CN3)ccc21. The number of hydrogen-bond donors (Lipinski definition) is 4. The highest BCUT2D eigenvalue weighted by molar-refractivity contribution is 8.03. The summed E-state index contributed by atoms with van der Waals surface area (Å²) >= 11 is 3.99.